The first-order chi connectivity index (χ1) is 13.3. The van der Waals surface area contributed by atoms with Crippen LogP contribution in [0.4, 0.5) is 0 Å². The van der Waals surface area contributed by atoms with Crippen LogP contribution >= 0.6 is 0 Å². The summed E-state index contributed by atoms with van der Waals surface area (Å²) in [6, 6.07) is 19.8. The summed E-state index contributed by atoms with van der Waals surface area (Å²) in [4.78, 5) is 12.4. The number of carbonyl (C=O) groups excluding carboxylic acids is 1. The predicted molar refractivity (Wildman–Crippen MR) is 109 cm³/mol. The molecule has 0 aliphatic rings. The highest BCUT2D eigenvalue weighted by molar-refractivity contribution is 7.89. The van der Waals surface area contributed by atoms with E-state index in [9.17, 15) is 13.2 Å². The highest BCUT2D eigenvalue weighted by Gasteiger charge is 2.19. The molecular weight excluding hydrogens is 374 g/mol. The zero-order valence-corrected chi connectivity index (χ0v) is 16.7. The van der Waals surface area contributed by atoms with Crippen LogP contribution in [0.1, 0.15) is 46.0 Å². The monoisotopic (exact) mass is 397 g/mol. The zero-order valence-electron chi connectivity index (χ0n) is 15.9. The Labute approximate surface area is 165 Å². The van der Waals surface area contributed by atoms with E-state index in [2.05, 4.69) is 5.32 Å². The maximum absolute atomic E-state index is 12.5. The van der Waals surface area contributed by atoms with E-state index in [4.69, 9.17) is 4.42 Å². The van der Waals surface area contributed by atoms with Gasteiger partial charge >= 0.3 is 0 Å². The maximum Gasteiger partial charge on any atom is 0.287 e. The number of carbonyl (C=O) groups is 1. The summed E-state index contributed by atoms with van der Waals surface area (Å²) in [5.41, 5.74) is 2.72. The third-order valence-electron chi connectivity index (χ3n) is 4.36. The number of sulfone groups is 1. The lowest BCUT2D eigenvalue weighted by Crippen LogP contribution is -2.26. The van der Waals surface area contributed by atoms with E-state index in [-0.39, 0.29) is 35.0 Å². The van der Waals surface area contributed by atoms with E-state index in [0.29, 0.717) is 0 Å². The number of benzene rings is 2. The molecule has 0 saturated heterocycles. The van der Waals surface area contributed by atoms with Crippen LogP contribution < -0.4 is 5.32 Å². The molecule has 0 spiro atoms. The molecule has 5 nitrogen and oxygen atoms in total. The van der Waals surface area contributed by atoms with E-state index in [1.807, 2.05) is 62.4 Å². The van der Waals surface area contributed by atoms with Gasteiger partial charge in [-0.2, -0.15) is 0 Å². The fraction of sp³-hybridized carbons (Fsp3) is 0.227. The van der Waals surface area contributed by atoms with Crippen molar-refractivity contribution in [2.24, 2.45) is 0 Å². The molecule has 0 bridgehead atoms. The molecule has 3 aromatic rings. The van der Waals surface area contributed by atoms with Gasteiger partial charge in [-0.1, -0.05) is 60.2 Å². The average Bonchev–Trinajstić information content (AvgIpc) is 3.09. The number of amides is 1. The average molecular weight is 397 g/mol. The van der Waals surface area contributed by atoms with Crippen LogP contribution in [0.3, 0.4) is 0 Å². The summed E-state index contributed by atoms with van der Waals surface area (Å²) in [6.07, 6.45) is 0. The van der Waals surface area contributed by atoms with Crippen LogP contribution in [0, 0.1) is 6.92 Å². The van der Waals surface area contributed by atoms with E-state index in [1.54, 1.807) is 6.07 Å². The van der Waals surface area contributed by atoms with Gasteiger partial charge < -0.3 is 9.73 Å². The van der Waals surface area contributed by atoms with E-state index >= 15 is 0 Å². The lowest BCUT2D eigenvalue weighted by atomic mass is 10.1. The normalized spacial score (nSPS) is 12.5. The van der Waals surface area contributed by atoms with Gasteiger partial charge in [-0.05, 0) is 37.1 Å². The van der Waals surface area contributed by atoms with Crippen LogP contribution in [0.2, 0.25) is 0 Å². The molecular formula is C22H23NO4S. The van der Waals surface area contributed by atoms with E-state index in [1.165, 1.54) is 12.1 Å². The molecule has 1 aromatic heterocycles. The zero-order chi connectivity index (χ0) is 20.1. The van der Waals surface area contributed by atoms with Gasteiger partial charge in [-0.25, -0.2) is 8.42 Å². The molecule has 1 heterocycles. The Bertz CT molecular complexity index is 1050. The van der Waals surface area contributed by atoms with Gasteiger partial charge in [0.15, 0.2) is 15.6 Å². The summed E-state index contributed by atoms with van der Waals surface area (Å²) in [6.45, 7) is 3.80. The van der Waals surface area contributed by atoms with Crippen molar-refractivity contribution in [3.05, 3.63) is 94.9 Å². The minimum absolute atomic E-state index is 0.0675. The number of nitrogens with one attached hydrogen (secondary N) is 1. The Hall–Kier alpha value is -2.86. The molecule has 2 aromatic carbocycles. The molecule has 0 radical (unpaired) electrons. The second-order valence-electron chi connectivity index (χ2n) is 6.89. The van der Waals surface area contributed by atoms with Crippen molar-refractivity contribution in [2.75, 3.05) is 0 Å². The lowest BCUT2D eigenvalue weighted by molar-refractivity contribution is 0.0910. The van der Waals surface area contributed by atoms with Crippen molar-refractivity contribution in [1.29, 1.82) is 0 Å². The fourth-order valence-corrected chi connectivity index (χ4v) is 4.37. The minimum Gasteiger partial charge on any atom is -0.455 e. The van der Waals surface area contributed by atoms with Crippen molar-refractivity contribution < 1.29 is 17.6 Å². The van der Waals surface area contributed by atoms with E-state index < -0.39 is 9.84 Å². The largest absolute Gasteiger partial charge is 0.455 e. The first-order valence-electron chi connectivity index (χ1n) is 9.03. The van der Waals surface area contributed by atoms with Gasteiger partial charge in [-0.3, -0.25) is 4.79 Å². The third-order valence-corrected chi connectivity index (χ3v) is 5.86. The Morgan fingerprint density at radius 1 is 1.00 bits per heavy atom. The van der Waals surface area contributed by atoms with Crippen molar-refractivity contribution in [2.45, 2.75) is 31.4 Å². The second kappa shape index (κ2) is 8.44. The molecule has 6 heteroatoms. The number of furan rings is 1. The molecule has 146 valence electrons. The molecule has 3 rings (SSSR count). The Balaban J connectivity index is 1.64. The van der Waals surface area contributed by atoms with Crippen molar-refractivity contribution >= 4 is 15.7 Å². The standard InChI is InChI=1S/C22H23NO4S/c1-16-7-6-8-18(13-16)14-28(25,26)15-20-11-12-21(27-20)22(24)23-17(2)19-9-4-3-5-10-19/h3-13,17H,14-15H2,1-2H3,(H,23,24)/t17-/m1/s1. The quantitative estimate of drug-likeness (QED) is 0.648. The molecule has 0 unspecified atom stereocenters. The minimum atomic E-state index is -3.41. The molecule has 28 heavy (non-hydrogen) atoms. The molecule has 0 fully saturated rings. The number of hydrogen-bond donors (Lipinski definition) is 1. The summed E-state index contributed by atoms with van der Waals surface area (Å²) < 4.78 is 30.4. The predicted octanol–water partition coefficient (Wildman–Crippen LogP) is 4.19. The van der Waals surface area contributed by atoms with Crippen LogP contribution in [0.15, 0.2) is 71.1 Å². The number of hydrogen-bond acceptors (Lipinski definition) is 4. The summed E-state index contributed by atoms with van der Waals surface area (Å²) in [5.74, 6) is -0.336. The maximum atomic E-state index is 12.5. The van der Waals surface area contributed by atoms with Crippen molar-refractivity contribution in [1.82, 2.24) is 5.32 Å². The number of rotatable bonds is 7. The summed E-state index contributed by atoms with van der Waals surface area (Å²) in [7, 11) is -3.41. The molecule has 1 amide bonds. The Morgan fingerprint density at radius 3 is 2.46 bits per heavy atom. The fourth-order valence-electron chi connectivity index (χ4n) is 2.99. The number of aryl methyl sites for hydroxylation is 1. The van der Waals surface area contributed by atoms with Crippen molar-refractivity contribution in [3.63, 3.8) is 0 Å². The lowest BCUT2D eigenvalue weighted by Gasteiger charge is -2.13. The molecule has 1 atom stereocenters. The van der Waals surface area contributed by atoms with Gasteiger partial charge in [-0.15, -0.1) is 0 Å². The first-order valence-corrected chi connectivity index (χ1v) is 10.8. The topological polar surface area (TPSA) is 76.4 Å². The molecule has 0 aliphatic heterocycles. The molecule has 0 saturated carbocycles. The Morgan fingerprint density at radius 2 is 1.75 bits per heavy atom. The Kier molecular flexibility index (Phi) is 5.99. The van der Waals surface area contributed by atoms with Crippen molar-refractivity contribution in [3.8, 4) is 0 Å². The van der Waals surface area contributed by atoms with Crippen LogP contribution in [-0.4, -0.2) is 14.3 Å². The third kappa shape index (κ3) is 5.33. The van der Waals surface area contributed by atoms with Gasteiger partial charge in [0, 0.05) is 0 Å². The van der Waals surface area contributed by atoms with Crippen LogP contribution in [-0.2, 0) is 21.3 Å². The van der Waals surface area contributed by atoms with E-state index in [0.717, 1.165) is 16.7 Å². The van der Waals surface area contributed by atoms with Gasteiger partial charge in [0.05, 0.1) is 11.8 Å². The SMILES string of the molecule is Cc1cccc(CS(=O)(=O)Cc2ccc(C(=O)N[C@H](C)c3ccccc3)o2)c1. The molecule has 1 N–H and O–H groups in total. The summed E-state index contributed by atoms with van der Waals surface area (Å²) in [5, 5.41) is 2.85. The first kappa shape index (κ1) is 19.9. The summed E-state index contributed by atoms with van der Waals surface area (Å²) >= 11 is 0. The molecule has 0 aliphatic carbocycles. The van der Waals surface area contributed by atoms with Gasteiger partial charge in [0.25, 0.3) is 5.91 Å². The van der Waals surface area contributed by atoms with Gasteiger partial charge in [0.2, 0.25) is 0 Å². The highest BCUT2D eigenvalue weighted by Crippen LogP contribution is 2.17. The smallest absolute Gasteiger partial charge is 0.287 e. The highest BCUT2D eigenvalue weighted by atomic mass is 32.2. The van der Waals surface area contributed by atoms with Crippen LogP contribution in [0.5, 0.6) is 0 Å². The van der Waals surface area contributed by atoms with Gasteiger partial charge in [0.1, 0.15) is 11.5 Å². The van der Waals surface area contributed by atoms with Crippen LogP contribution in [0.25, 0.3) is 0 Å². The second-order valence-corrected chi connectivity index (χ2v) is 8.96.